The van der Waals surface area contributed by atoms with Crippen molar-refractivity contribution in [2.45, 2.75) is 30.8 Å². The Morgan fingerprint density at radius 3 is 2.62 bits per heavy atom. The topological polar surface area (TPSA) is 80.2 Å². The van der Waals surface area contributed by atoms with Gasteiger partial charge in [0.15, 0.2) is 0 Å². The maximum Gasteiger partial charge on any atom is 0.355 e. The zero-order chi connectivity index (χ0) is 18.6. The number of likely N-dealkylation sites (N-methyl/N-ethyl adjacent to an activating group) is 1. The number of carbonyl (C=O) groups excluding carboxylic acids is 2. The highest BCUT2D eigenvalue weighted by atomic mass is 16.5. The molecule has 1 spiro atoms. The number of anilines is 1. The number of fused-ring (bicyclic) bond motifs is 1. The summed E-state index contributed by atoms with van der Waals surface area (Å²) in [5, 5.41) is 3.11. The molecule has 136 valence electrons. The van der Waals surface area contributed by atoms with E-state index in [-0.39, 0.29) is 23.4 Å². The van der Waals surface area contributed by atoms with Crippen LogP contribution in [0.5, 0.6) is 0 Å². The molecule has 4 rings (SSSR count). The smallest absolute Gasteiger partial charge is 0.355 e. The summed E-state index contributed by atoms with van der Waals surface area (Å²) in [5.41, 5.74) is 2.01. The molecule has 1 N–H and O–H groups in total. The van der Waals surface area contributed by atoms with Gasteiger partial charge in [-0.25, -0.2) is 9.59 Å². The average Bonchev–Trinajstić information content (AvgIpc) is 3.12. The molecule has 0 bridgehead atoms. The minimum atomic E-state index is -0.606. The normalized spacial score (nSPS) is 28.6. The van der Waals surface area contributed by atoms with Crippen LogP contribution in [-0.4, -0.2) is 51.1 Å². The van der Waals surface area contributed by atoms with Gasteiger partial charge in [-0.2, -0.15) is 0 Å². The second-order valence-corrected chi connectivity index (χ2v) is 6.93. The second kappa shape index (κ2) is 5.59. The molecule has 26 heavy (non-hydrogen) atoms. The van der Waals surface area contributed by atoms with Gasteiger partial charge < -0.3 is 19.7 Å². The maximum atomic E-state index is 12.7. The van der Waals surface area contributed by atoms with Gasteiger partial charge in [-0.05, 0) is 25.0 Å². The summed E-state index contributed by atoms with van der Waals surface area (Å²) < 4.78 is 9.94. The molecule has 0 saturated carbocycles. The Morgan fingerprint density at radius 2 is 1.92 bits per heavy atom. The van der Waals surface area contributed by atoms with Crippen molar-refractivity contribution in [2.75, 3.05) is 26.2 Å². The van der Waals surface area contributed by atoms with E-state index < -0.39 is 17.4 Å². The summed E-state index contributed by atoms with van der Waals surface area (Å²) >= 11 is 0. The number of carbonyl (C=O) groups is 2. The lowest BCUT2D eigenvalue weighted by atomic mass is 9.68. The Labute approximate surface area is 151 Å². The number of methoxy groups -OCH3 is 2. The van der Waals surface area contributed by atoms with E-state index in [1.54, 1.807) is 0 Å². The van der Waals surface area contributed by atoms with E-state index in [9.17, 15) is 9.59 Å². The van der Waals surface area contributed by atoms with Gasteiger partial charge in [0.2, 0.25) is 0 Å². The Hall–Kier alpha value is -2.83. The van der Waals surface area contributed by atoms with Crippen molar-refractivity contribution in [2.24, 2.45) is 4.99 Å². The predicted molar refractivity (Wildman–Crippen MR) is 96.0 cm³/mol. The highest BCUT2D eigenvalue weighted by Crippen LogP contribution is 2.54. The van der Waals surface area contributed by atoms with Gasteiger partial charge in [0, 0.05) is 12.7 Å². The van der Waals surface area contributed by atoms with Gasteiger partial charge in [0.05, 0.1) is 37.3 Å². The summed E-state index contributed by atoms with van der Waals surface area (Å²) in [4.78, 5) is 31.9. The van der Waals surface area contributed by atoms with Crippen molar-refractivity contribution in [3.8, 4) is 0 Å². The van der Waals surface area contributed by atoms with Crippen molar-refractivity contribution in [1.82, 2.24) is 5.32 Å². The third-order valence-corrected chi connectivity index (χ3v) is 5.59. The summed E-state index contributed by atoms with van der Waals surface area (Å²) in [5.74, 6) is -0.439. The quantitative estimate of drug-likeness (QED) is 0.802. The number of para-hydroxylation sites is 1. The number of amidine groups is 1. The molecule has 0 saturated heterocycles. The van der Waals surface area contributed by atoms with Crippen molar-refractivity contribution in [3.05, 3.63) is 41.1 Å². The van der Waals surface area contributed by atoms with Gasteiger partial charge in [0.25, 0.3) is 0 Å². The van der Waals surface area contributed by atoms with Crippen LogP contribution in [0, 0.1) is 0 Å². The minimum absolute atomic E-state index is 0.0652. The number of esters is 2. The largest absolute Gasteiger partial charge is 0.466 e. The van der Waals surface area contributed by atoms with Crippen LogP contribution in [0.4, 0.5) is 5.69 Å². The van der Waals surface area contributed by atoms with E-state index in [2.05, 4.69) is 11.4 Å². The first-order chi connectivity index (χ1) is 12.5. The fraction of sp³-hybridized carbons (Fsp3) is 0.421. The van der Waals surface area contributed by atoms with E-state index in [0.717, 1.165) is 17.7 Å². The number of nitrogens with one attached hydrogen (secondary N) is 1. The van der Waals surface area contributed by atoms with E-state index in [0.29, 0.717) is 5.84 Å². The van der Waals surface area contributed by atoms with Crippen molar-refractivity contribution >= 4 is 23.5 Å². The molecule has 0 amide bonds. The van der Waals surface area contributed by atoms with Crippen LogP contribution >= 0.6 is 0 Å². The van der Waals surface area contributed by atoms with Crippen molar-refractivity contribution in [1.29, 1.82) is 0 Å². The molecule has 3 aliphatic heterocycles. The molecule has 1 aromatic carbocycles. The fourth-order valence-corrected chi connectivity index (χ4v) is 4.69. The molecule has 0 radical (unpaired) electrons. The number of nitrogens with zero attached hydrogens (tertiary/aromatic N) is 2. The fourth-order valence-electron chi connectivity index (χ4n) is 4.69. The molecule has 0 fully saturated rings. The number of aliphatic imine (C=N–C) groups is 1. The van der Waals surface area contributed by atoms with E-state index in [4.69, 9.17) is 14.5 Å². The van der Waals surface area contributed by atoms with Crippen LogP contribution in [0.15, 0.2) is 40.5 Å². The Kier molecular flexibility index (Phi) is 3.57. The van der Waals surface area contributed by atoms with E-state index in [1.807, 2.05) is 37.1 Å². The summed E-state index contributed by atoms with van der Waals surface area (Å²) in [6.07, 6.45) is 0.746. The maximum absolute atomic E-state index is 12.7. The van der Waals surface area contributed by atoms with Crippen LogP contribution in [-0.2, 0) is 24.5 Å². The van der Waals surface area contributed by atoms with Crippen LogP contribution < -0.4 is 10.2 Å². The van der Waals surface area contributed by atoms with Crippen molar-refractivity contribution < 1.29 is 19.1 Å². The third-order valence-electron chi connectivity index (χ3n) is 5.59. The molecular weight excluding hydrogens is 334 g/mol. The summed E-state index contributed by atoms with van der Waals surface area (Å²) in [7, 11) is 4.54. The number of rotatable bonds is 2. The van der Waals surface area contributed by atoms with Crippen LogP contribution in [0.1, 0.15) is 18.9 Å². The highest BCUT2D eigenvalue weighted by Gasteiger charge is 2.62. The first-order valence-electron chi connectivity index (χ1n) is 8.54. The molecule has 3 heterocycles. The monoisotopic (exact) mass is 355 g/mol. The number of ether oxygens (including phenoxy) is 2. The van der Waals surface area contributed by atoms with E-state index >= 15 is 0 Å². The molecule has 0 aliphatic carbocycles. The van der Waals surface area contributed by atoms with E-state index in [1.165, 1.54) is 14.2 Å². The lowest BCUT2D eigenvalue weighted by molar-refractivity contribution is -0.140. The second-order valence-electron chi connectivity index (χ2n) is 6.93. The lowest BCUT2D eigenvalue weighted by Gasteiger charge is -2.41. The molecule has 7 heteroatoms. The van der Waals surface area contributed by atoms with Gasteiger partial charge in [0.1, 0.15) is 11.5 Å². The van der Waals surface area contributed by atoms with Crippen LogP contribution in [0.3, 0.4) is 0 Å². The van der Waals surface area contributed by atoms with Gasteiger partial charge >= 0.3 is 11.9 Å². The zero-order valence-corrected chi connectivity index (χ0v) is 15.2. The Morgan fingerprint density at radius 1 is 1.23 bits per heavy atom. The molecule has 3 atom stereocenters. The van der Waals surface area contributed by atoms with Gasteiger partial charge in [-0.15, -0.1) is 0 Å². The number of hydrogen-bond donors (Lipinski definition) is 1. The van der Waals surface area contributed by atoms with Crippen molar-refractivity contribution in [3.63, 3.8) is 0 Å². The molecule has 1 unspecified atom stereocenters. The standard InChI is InChI=1S/C19H21N3O4/c1-10-9-19-11-7-5-6-8-12(11)22(2)15(19)13(16(23)25-3)14(17(24)26-4)21-18(19)20-10/h5-8,10,15H,9H2,1-4H3,(H,20,21)/t10-,15?,19+/m1/s1. The minimum Gasteiger partial charge on any atom is -0.466 e. The first kappa shape index (κ1) is 16.6. The number of hydrogen-bond acceptors (Lipinski definition) is 7. The van der Waals surface area contributed by atoms with Crippen LogP contribution in [0.25, 0.3) is 0 Å². The SMILES string of the molecule is COC(=O)C1=C(C(=O)OC)C2N(C)c3ccccc3[C@@]23C[C@@H](C)N=C3N1. The average molecular weight is 355 g/mol. The molecule has 7 nitrogen and oxygen atoms in total. The van der Waals surface area contributed by atoms with Gasteiger partial charge in [-0.3, -0.25) is 4.99 Å². The lowest BCUT2D eigenvalue weighted by Crippen LogP contribution is -2.59. The Balaban J connectivity index is 2.02. The zero-order valence-electron chi connectivity index (χ0n) is 15.2. The predicted octanol–water partition coefficient (Wildman–Crippen LogP) is 1.14. The van der Waals surface area contributed by atoms with Crippen LogP contribution in [0.2, 0.25) is 0 Å². The summed E-state index contributed by atoms with van der Waals surface area (Å²) in [6, 6.07) is 7.73. The molecule has 3 aliphatic rings. The third kappa shape index (κ3) is 1.91. The van der Waals surface area contributed by atoms with Gasteiger partial charge in [-0.1, -0.05) is 18.2 Å². The molecule has 1 aromatic rings. The highest BCUT2D eigenvalue weighted by molar-refractivity contribution is 6.13. The molecule has 0 aromatic heterocycles. The Bertz CT molecular complexity index is 875. The number of benzene rings is 1. The molecular formula is C19H21N3O4. The first-order valence-corrected chi connectivity index (χ1v) is 8.54. The summed E-state index contributed by atoms with van der Waals surface area (Å²) in [6.45, 7) is 2.04.